The number of anilines is 1. The molecule has 0 heterocycles. The first-order chi connectivity index (χ1) is 23.0. The first-order valence-electron chi connectivity index (χ1n) is 15.7. The first-order valence-corrected chi connectivity index (χ1v) is 17.1. The fourth-order valence-electron chi connectivity index (χ4n) is 5.15. The number of hydrogen-bond acceptors (Lipinski definition) is 6. The zero-order valence-corrected chi connectivity index (χ0v) is 28.7. The molecule has 4 rings (SSSR count). The highest BCUT2D eigenvalue weighted by Gasteiger charge is 2.35. The molecule has 4 aromatic carbocycles. The van der Waals surface area contributed by atoms with Gasteiger partial charge in [-0.3, -0.25) is 13.9 Å². The van der Waals surface area contributed by atoms with E-state index in [2.05, 4.69) is 5.32 Å². The van der Waals surface area contributed by atoms with Crippen LogP contribution in [-0.4, -0.2) is 58.0 Å². The molecule has 0 aromatic heterocycles. The zero-order valence-electron chi connectivity index (χ0n) is 27.9. The summed E-state index contributed by atoms with van der Waals surface area (Å²) in [5.74, 6) is -1.14. The normalized spacial score (nSPS) is 12.5. The molecule has 0 spiro atoms. The highest BCUT2D eigenvalue weighted by molar-refractivity contribution is 7.92. The lowest BCUT2D eigenvalue weighted by molar-refractivity contribution is -0.140. The van der Waals surface area contributed by atoms with Crippen LogP contribution < -0.4 is 19.1 Å². The lowest BCUT2D eigenvalue weighted by Crippen LogP contribution is -2.54. The van der Waals surface area contributed by atoms with Crippen LogP contribution in [-0.2, 0) is 32.6 Å². The molecule has 2 amide bonds. The average Bonchev–Trinajstić information content (AvgIpc) is 3.09. The number of halogens is 1. The topological polar surface area (TPSA) is 105 Å². The molecule has 254 valence electrons. The Labute approximate surface area is 282 Å². The van der Waals surface area contributed by atoms with Crippen LogP contribution in [0.4, 0.5) is 10.1 Å². The summed E-state index contributed by atoms with van der Waals surface area (Å²) in [6.07, 6.45) is 0.770. The van der Waals surface area contributed by atoms with Gasteiger partial charge >= 0.3 is 0 Å². The molecule has 0 aliphatic carbocycles. The van der Waals surface area contributed by atoms with E-state index in [1.807, 2.05) is 51.1 Å². The van der Waals surface area contributed by atoms with E-state index in [-0.39, 0.29) is 40.9 Å². The monoisotopic (exact) mass is 675 g/mol. The van der Waals surface area contributed by atoms with Crippen molar-refractivity contribution < 1.29 is 31.9 Å². The van der Waals surface area contributed by atoms with E-state index < -0.39 is 40.2 Å². The smallest absolute Gasteiger partial charge is 0.264 e. The summed E-state index contributed by atoms with van der Waals surface area (Å²) in [6, 6.07) is 24.8. The van der Waals surface area contributed by atoms with Gasteiger partial charge in [0, 0.05) is 30.6 Å². The molecule has 0 fully saturated rings. The molecule has 4 aromatic rings. The third kappa shape index (κ3) is 8.71. The third-order valence-electron chi connectivity index (χ3n) is 8.11. The van der Waals surface area contributed by atoms with Crippen molar-refractivity contribution in [2.24, 2.45) is 0 Å². The zero-order chi connectivity index (χ0) is 34.8. The Bertz CT molecular complexity index is 1800. The van der Waals surface area contributed by atoms with Gasteiger partial charge in [-0.15, -0.1) is 0 Å². The maximum atomic E-state index is 15.1. The highest BCUT2D eigenvalue weighted by atomic mass is 32.2. The number of carbonyl (C=O) groups excluding carboxylic acids is 2. The molecular weight excluding hydrogens is 633 g/mol. The Morgan fingerprint density at radius 1 is 0.875 bits per heavy atom. The van der Waals surface area contributed by atoms with Gasteiger partial charge in [0.1, 0.15) is 18.4 Å². The van der Waals surface area contributed by atoms with Crippen LogP contribution in [0.3, 0.4) is 0 Å². The van der Waals surface area contributed by atoms with Crippen molar-refractivity contribution in [2.45, 2.75) is 57.1 Å². The standard InChI is InChI=1S/C37H42FN3O6S/c1-6-27(3)39-37(43)33(22-28-12-8-7-9-13-28)40(24-29-14-10-11-15-32(29)38)36(42)25-41(30-18-16-26(2)17-19-30)48(44,45)31-20-21-34(46-4)35(23-31)47-5/h7-21,23,27,33H,6,22,24-25H2,1-5H3,(H,39,43)/t27-,33+/m0/s1. The summed E-state index contributed by atoms with van der Waals surface area (Å²) in [4.78, 5) is 29.6. The van der Waals surface area contributed by atoms with E-state index in [1.54, 1.807) is 36.4 Å². The predicted molar refractivity (Wildman–Crippen MR) is 184 cm³/mol. The lowest BCUT2D eigenvalue weighted by Gasteiger charge is -2.34. The Morgan fingerprint density at radius 3 is 2.15 bits per heavy atom. The van der Waals surface area contributed by atoms with Crippen LogP contribution >= 0.6 is 0 Å². The second-order valence-electron chi connectivity index (χ2n) is 11.5. The minimum Gasteiger partial charge on any atom is -0.493 e. The second kappa shape index (κ2) is 16.3. The number of methoxy groups -OCH3 is 2. The molecule has 0 aliphatic rings. The van der Waals surface area contributed by atoms with Gasteiger partial charge in [-0.25, -0.2) is 12.8 Å². The average molecular weight is 676 g/mol. The molecular formula is C37H42FN3O6S. The van der Waals surface area contributed by atoms with Crippen LogP contribution in [0.5, 0.6) is 11.5 Å². The third-order valence-corrected chi connectivity index (χ3v) is 9.88. The molecule has 1 N–H and O–H groups in total. The minimum atomic E-state index is -4.39. The molecule has 0 saturated carbocycles. The van der Waals surface area contributed by atoms with Crippen LogP contribution in [0, 0.1) is 12.7 Å². The van der Waals surface area contributed by atoms with Crippen molar-refractivity contribution in [3.8, 4) is 11.5 Å². The number of hydrogen-bond donors (Lipinski definition) is 1. The molecule has 0 aliphatic heterocycles. The Kier molecular flexibility index (Phi) is 12.2. The van der Waals surface area contributed by atoms with Crippen molar-refractivity contribution in [1.82, 2.24) is 10.2 Å². The number of aryl methyl sites for hydroxylation is 1. The quantitative estimate of drug-likeness (QED) is 0.168. The molecule has 0 saturated heterocycles. The number of ether oxygens (including phenoxy) is 2. The van der Waals surface area contributed by atoms with Crippen LogP contribution in [0.1, 0.15) is 37.0 Å². The van der Waals surface area contributed by atoms with Gasteiger partial charge in [-0.2, -0.15) is 0 Å². The number of carbonyl (C=O) groups is 2. The van der Waals surface area contributed by atoms with Gasteiger partial charge < -0.3 is 19.7 Å². The number of rotatable bonds is 15. The molecule has 0 radical (unpaired) electrons. The van der Waals surface area contributed by atoms with E-state index in [0.29, 0.717) is 12.2 Å². The van der Waals surface area contributed by atoms with E-state index in [4.69, 9.17) is 9.47 Å². The summed E-state index contributed by atoms with van der Waals surface area (Å²) >= 11 is 0. The summed E-state index contributed by atoms with van der Waals surface area (Å²) in [5.41, 5.74) is 2.09. The van der Waals surface area contributed by atoms with Crippen LogP contribution in [0.2, 0.25) is 0 Å². The maximum absolute atomic E-state index is 15.1. The predicted octanol–water partition coefficient (Wildman–Crippen LogP) is 5.90. The maximum Gasteiger partial charge on any atom is 0.264 e. The Morgan fingerprint density at radius 2 is 1.52 bits per heavy atom. The number of amides is 2. The number of benzene rings is 4. The van der Waals surface area contributed by atoms with Crippen molar-refractivity contribution in [1.29, 1.82) is 0 Å². The number of sulfonamides is 1. The van der Waals surface area contributed by atoms with E-state index >= 15 is 4.39 Å². The van der Waals surface area contributed by atoms with Crippen molar-refractivity contribution >= 4 is 27.5 Å². The van der Waals surface area contributed by atoms with E-state index in [9.17, 15) is 18.0 Å². The van der Waals surface area contributed by atoms with Crippen LogP contribution in [0.25, 0.3) is 0 Å². The molecule has 11 heteroatoms. The summed E-state index contributed by atoms with van der Waals surface area (Å²) in [5, 5.41) is 2.97. The van der Waals surface area contributed by atoms with Crippen molar-refractivity contribution in [3.63, 3.8) is 0 Å². The van der Waals surface area contributed by atoms with Gasteiger partial charge in [0.25, 0.3) is 10.0 Å². The summed E-state index contributed by atoms with van der Waals surface area (Å²) < 4.78 is 55.5. The Balaban J connectivity index is 1.84. The molecule has 2 atom stereocenters. The van der Waals surface area contributed by atoms with Crippen LogP contribution in [0.15, 0.2) is 102 Å². The van der Waals surface area contributed by atoms with E-state index in [0.717, 1.165) is 15.4 Å². The molecule has 0 bridgehead atoms. The number of nitrogens with one attached hydrogen (secondary N) is 1. The van der Waals surface area contributed by atoms with Crippen molar-refractivity contribution in [2.75, 3.05) is 25.1 Å². The van der Waals surface area contributed by atoms with Gasteiger partial charge in [0.05, 0.1) is 24.8 Å². The largest absolute Gasteiger partial charge is 0.493 e. The first kappa shape index (κ1) is 35.9. The Hall–Kier alpha value is -4.90. The second-order valence-corrected chi connectivity index (χ2v) is 13.4. The number of nitrogens with zero attached hydrogens (tertiary/aromatic N) is 2. The lowest BCUT2D eigenvalue weighted by atomic mass is 10.0. The molecule has 9 nitrogen and oxygen atoms in total. The fourth-order valence-corrected chi connectivity index (χ4v) is 6.58. The van der Waals surface area contributed by atoms with Gasteiger partial charge in [-0.1, -0.05) is 73.2 Å². The fraction of sp³-hybridized carbons (Fsp3) is 0.297. The van der Waals surface area contributed by atoms with Crippen molar-refractivity contribution in [3.05, 3.63) is 120 Å². The minimum absolute atomic E-state index is 0.121. The summed E-state index contributed by atoms with van der Waals surface area (Å²) in [7, 11) is -1.55. The van der Waals surface area contributed by atoms with E-state index in [1.165, 1.54) is 49.5 Å². The SMILES string of the molecule is CC[C@H](C)NC(=O)[C@@H](Cc1ccccc1)N(Cc1ccccc1F)C(=O)CN(c1ccc(C)cc1)S(=O)(=O)c1ccc(OC)c(OC)c1. The highest BCUT2D eigenvalue weighted by Crippen LogP contribution is 2.32. The van der Waals surface area contributed by atoms with Gasteiger partial charge in [0.2, 0.25) is 11.8 Å². The summed E-state index contributed by atoms with van der Waals surface area (Å²) in [6.45, 7) is 4.71. The van der Waals surface area contributed by atoms with Gasteiger partial charge in [-0.05, 0) is 56.2 Å². The molecule has 48 heavy (non-hydrogen) atoms. The van der Waals surface area contributed by atoms with Gasteiger partial charge in [0.15, 0.2) is 11.5 Å². The molecule has 0 unspecified atom stereocenters.